The van der Waals surface area contributed by atoms with Gasteiger partial charge in [0.15, 0.2) is 0 Å². The zero-order valence-corrected chi connectivity index (χ0v) is 10.00. The highest BCUT2D eigenvalue weighted by molar-refractivity contribution is 6.18. The number of hydrogen-bond donors (Lipinski definition) is 2. The SMILES string of the molecule is NCCC1=NC(=O)C2(CCCCCC2)C(=O)N1. The van der Waals surface area contributed by atoms with E-state index >= 15 is 0 Å². The largest absolute Gasteiger partial charge is 0.330 e. The van der Waals surface area contributed by atoms with E-state index in [-0.39, 0.29) is 11.8 Å². The van der Waals surface area contributed by atoms with Crippen LogP contribution in [0.1, 0.15) is 44.9 Å². The summed E-state index contributed by atoms with van der Waals surface area (Å²) in [5.74, 6) is 0.00632. The van der Waals surface area contributed by atoms with Gasteiger partial charge in [0.2, 0.25) is 5.91 Å². The van der Waals surface area contributed by atoms with Gasteiger partial charge >= 0.3 is 0 Å². The molecule has 0 saturated heterocycles. The summed E-state index contributed by atoms with van der Waals surface area (Å²) in [6.07, 6.45) is 5.78. The third kappa shape index (κ3) is 2.24. The molecule has 1 fully saturated rings. The third-order valence-corrected chi connectivity index (χ3v) is 3.68. The number of aliphatic imine (C=N–C) groups is 1. The van der Waals surface area contributed by atoms with E-state index in [1.807, 2.05) is 0 Å². The van der Waals surface area contributed by atoms with Gasteiger partial charge in [0.1, 0.15) is 11.3 Å². The third-order valence-electron chi connectivity index (χ3n) is 3.68. The predicted molar refractivity (Wildman–Crippen MR) is 64.4 cm³/mol. The number of carbonyl (C=O) groups excluding carboxylic acids is 2. The Hall–Kier alpha value is -1.23. The number of hydrogen-bond acceptors (Lipinski definition) is 3. The number of nitrogens with two attached hydrogens (primary N) is 1. The highest BCUT2D eigenvalue weighted by atomic mass is 16.2. The number of nitrogens with zero attached hydrogens (tertiary/aromatic N) is 1. The standard InChI is InChI=1S/C12H19N3O2/c13-8-5-9-14-10(16)12(11(17)15-9)6-3-1-2-4-7-12/h1-8,13H2,(H,14,15,16,17). The highest BCUT2D eigenvalue weighted by Gasteiger charge is 2.48. The molecule has 17 heavy (non-hydrogen) atoms. The number of nitrogens with one attached hydrogen (secondary N) is 1. The van der Waals surface area contributed by atoms with E-state index in [1.165, 1.54) is 0 Å². The second kappa shape index (κ2) is 4.96. The fourth-order valence-corrected chi connectivity index (χ4v) is 2.63. The summed E-state index contributed by atoms with van der Waals surface area (Å²) in [5.41, 5.74) is 4.52. The lowest BCUT2D eigenvalue weighted by Crippen LogP contribution is -2.52. The van der Waals surface area contributed by atoms with Gasteiger partial charge in [-0.1, -0.05) is 25.7 Å². The molecule has 0 bridgehead atoms. The molecule has 1 aliphatic carbocycles. The molecule has 0 radical (unpaired) electrons. The maximum Gasteiger partial charge on any atom is 0.263 e. The molecule has 0 unspecified atom stereocenters. The van der Waals surface area contributed by atoms with Gasteiger partial charge < -0.3 is 11.1 Å². The summed E-state index contributed by atoms with van der Waals surface area (Å²) in [6, 6.07) is 0. The lowest BCUT2D eigenvalue weighted by Gasteiger charge is -2.31. The Labute approximate surface area is 101 Å². The molecule has 5 nitrogen and oxygen atoms in total. The molecule has 0 aromatic rings. The summed E-state index contributed by atoms with van der Waals surface area (Å²) in [5, 5.41) is 2.75. The zero-order chi connectivity index (χ0) is 12.3. The fourth-order valence-electron chi connectivity index (χ4n) is 2.63. The number of amidine groups is 1. The molecule has 1 saturated carbocycles. The van der Waals surface area contributed by atoms with Crippen LogP contribution in [0.3, 0.4) is 0 Å². The van der Waals surface area contributed by atoms with E-state index in [1.54, 1.807) is 0 Å². The monoisotopic (exact) mass is 237 g/mol. The molecular weight excluding hydrogens is 218 g/mol. The van der Waals surface area contributed by atoms with Crippen molar-refractivity contribution < 1.29 is 9.59 Å². The van der Waals surface area contributed by atoms with Crippen LogP contribution >= 0.6 is 0 Å². The van der Waals surface area contributed by atoms with Gasteiger partial charge in [-0.3, -0.25) is 9.59 Å². The molecule has 0 aromatic heterocycles. The quantitative estimate of drug-likeness (QED) is 0.694. The van der Waals surface area contributed by atoms with E-state index < -0.39 is 5.41 Å². The van der Waals surface area contributed by atoms with Gasteiger partial charge in [-0.25, -0.2) is 0 Å². The van der Waals surface area contributed by atoms with Crippen LogP contribution in [0.15, 0.2) is 4.99 Å². The lowest BCUT2D eigenvalue weighted by atomic mass is 9.77. The molecule has 2 aliphatic rings. The molecule has 2 rings (SSSR count). The van der Waals surface area contributed by atoms with E-state index in [9.17, 15) is 9.59 Å². The van der Waals surface area contributed by atoms with E-state index in [0.29, 0.717) is 31.6 Å². The molecular formula is C12H19N3O2. The van der Waals surface area contributed by atoms with E-state index in [0.717, 1.165) is 25.7 Å². The van der Waals surface area contributed by atoms with Crippen molar-refractivity contribution in [2.45, 2.75) is 44.9 Å². The van der Waals surface area contributed by atoms with Gasteiger partial charge in [-0.05, 0) is 19.4 Å². The molecule has 0 atom stereocenters. The van der Waals surface area contributed by atoms with Crippen LogP contribution in [-0.2, 0) is 9.59 Å². The zero-order valence-electron chi connectivity index (χ0n) is 10.00. The smallest absolute Gasteiger partial charge is 0.263 e. The number of rotatable bonds is 2. The summed E-state index contributed by atoms with van der Waals surface area (Å²) in [6.45, 7) is 0.388. The van der Waals surface area contributed by atoms with Gasteiger partial charge in [-0.2, -0.15) is 4.99 Å². The van der Waals surface area contributed by atoms with Crippen molar-refractivity contribution in [1.82, 2.24) is 5.32 Å². The van der Waals surface area contributed by atoms with Gasteiger partial charge in [0, 0.05) is 6.42 Å². The van der Waals surface area contributed by atoms with Gasteiger partial charge in [0.25, 0.3) is 5.91 Å². The molecule has 5 heteroatoms. The normalized spacial score (nSPS) is 24.2. The van der Waals surface area contributed by atoms with Crippen molar-refractivity contribution >= 4 is 17.6 Å². The Balaban J connectivity index is 2.23. The summed E-state index contributed by atoms with van der Waals surface area (Å²) in [4.78, 5) is 28.3. The predicted octanol–water partition coefficient (Wildman–Crippen LogP) is 0.731. The Morgan fingerprint density at radius 1 is 1.18 bits per heavy atom. The summed E-state index contributed by atoms with van der Waals surface area (Å²) in [7, 11) is 0. The lowest BCUT2D eigenvalue weighted by molar-refractivity contribution is -0.142. The van der Waals surface area contributed by atoms with Gasteiger partial charge in [-0.15, -0.1) is 0 Å². The molecule has 1 aliphatic heterocycles. The first-order valence-corrected chi connectivity index (χ1v) is 6.32. The molecule has 1 heterocycles. The van der Waals surface area contributed by atoms with Gasteiger partial charge in [0.05, 0.1) is 0 Å². The van der Waals surface area contributed by atoms with Crippen molar-refractivity contribution in [3.8, 4) is 0 Å². The minimum Gasteiger partial charge on any atom is -0.330 e. The molecule has 0 aromatic carbocycles. The van der Waals surface area contributed by atoms with Crippen LogP contribution in [0.2, 0.25) is 0 Å². The fraction of sp³-hybridized carbons (Fsp3) is 0.750. The molecule has 3 N–H and O–H groups in total. The first-order valence-electron chi connectivity index (χ1n) is 6.32. The molecule has 1 spiro atoms. The van der Waals surface area contributed by atoms with Crippen LogP contribution in [0.4, 0.5) is 0 Å². The minimum absolute atomic E-state index is 0.164. The van der Waals surface area contributed by atoms with Crippen LogP contribution in [0, 0.1) is 5.41 Å². The van der Waals surface area contributed by atoms with E-state index in [2.05, 4.69) is 10.3 Å². The molecule has 2 amide bonds. The first kappa shape index (κ1) is 12.2. The van der Waals surface area contributed by atoms with Crippen molar-refractivity contribution in [2.24, 2.45) is 16.1 Å². The van der Waals surface area contributed by atoms with Crippen molar-refractivity contribution in [1.29, 1.82) is 0 Å². The van der Waals surface area contributed by atoms with Crippen LogP contribution in [0.25, 0.3) is 0 Å². The topological polar surface area (TPSA) is 84.5 Å². The second-order valence-electron chi connectivity index (χ2n) is 4.85. The summed E-state index contributed by atoms with van der Waals surface area (Å²) < 4.78 is 0. The second-order valence-corrected chi connectivity index (χ2v) is 4.85. The van der Waals surface area contributed by atoms with Crippen LogP contribution in [0.5, 0.6) is 0 Å². The highest BCUT2D eigenvalue weighted by Crippen LogP contribution is 2.38. The van der Waals surface area contributed by atoms with Crippen LogP contribution in [-0.4, -0.2) is 24.2 Å². The molecule has 94 valence electrons. The maximum absolute atomic E-state index is 12.2. The Morgan fingerprint density at radius 3 is 2.35 bits per heavy atom. The minimum atomic E-state index is -0.880. The average molecular weight is 237 g/mol. The number of carbonyl (C=O) groups is 2. The van der Waals surface area contributed by atoms with Crippen LogP contribution < -0.4 is 11.1 Å². The van der Waals surface area contributed by atoms with E-state index in [4.69, 9.17) is 5.73 Å². The number of amides is 2. The first-order chi connectivity index (χ1) is 8.19. The Morgan fingerprint density at radius 2 is 1.82 bits per heavy atom. The maximum atomic E-state index is 12.2. The Bertz CT molecular complexity index is 355. The van der Waals surface area contributed by atoms with Crippen molar-refractivity contribution in [3.05, 3.63) is 0 Å². The summed E-state index contributed by atoms with van der Waals surface area (Å²) >= 11 is 0. The van der Waals surface area contributed by atoms with Crippen molar-refractivity contribution in [3.63, 3.8) is 0 Å². The Kier molecular flexibility index (Phi) is 3.57. The van der Waals surface area contributed by atoms with Crippen molar-refractivity contribution in [2.75, 3.05) is 6.54 Å². The average Bonchev–Trinajstić information content (AvgIpc) is 2.53.